The van der Waals surface area contributed by atoms with E-state index in [4.69, 9.17) is 4.42 Å². The zero-order valence-corrected chi connectivity index (χ0v) is 15.7. The Balaban J connectivity index is 1.34. The maximum absolute atomic E-state index is 12.0. The Bertz CT molecular complexity index is 1100. The molecular weight excluding hydrogens is 368 g/mol. The van der Waals surface area contributed by atoms with Gasteiger partial charge in [0.2, 0.25) is 5.91 Å². The molecule has 0 unspecified atom stereocenters. The lowest BCUT2D eigenvalue weighted by Gasteiger charge is -2.06. The normalized spacial score (nSPS) is 11.2. The number of nitrogens with zero attached hydrogens (tertiary/aromatic N) is 4. The highest BCUT2D eigenvalue weighted by atomic mass is 16.3. The summed E-state index contributed by atoms with van der Waals surface area (Å²) in [6.45, 7) is 1.46. The fourth-order valence-corrected chi connectivity index (χ4v) is 2.86. The number of hydrogen-bond acceptors (Lipinski definition) is 6. The van der Waals surface area contributed by atoms with Gasteiger partial charge < -0.3 is 15.1 Å². The average molecular weight is 388 g/mol. The van der Waals surface area contributed by atoms with E-state index in [9.17, 15) is 4.79 Å². The van der Waals surface area contributed by atoms with Gasteiger partial charge in [-0.05, 0) is 23.8 Å². The number of furan rings is 1. The number of anilines is 1. The molecule has 3 aromatic heterocycles. The first kappa shape index (κ1) is 18.4. The lowest BCUT2D eigenvalue weighted by molar-refractivity contribution is -0.116. The van der Waals surface area contributed by atoms with Gasteiger partial charge in [-0.1, -0.05) is 30.3 Å². The van der Waals surface area contributed by atoms with Crippen LogP contribution in [0.4, 0.5) is 5.82 Å². The quantitative estimate of drug-likeness (QED) is 0.451. The van der Waals surface area contributed by atoms with E-state index in [1.807, 2.05) is 42.5 Å². The topological polar surface area (TPSA) is 97.9 Å². The smallest absolute Gasteiger partial charge is 0.244 e. The maximum Gasteiger partial charge on any atom is 0.244 e. The van der Waals surface area contributed by atoms with E-state index in [2.05, 4.69) is 25.7 Å². The van der Waals surface area contributed by atoms with Crippen molar-refractivity contribution < 1.29 is 9.21 Å². The number of carbonyl (C=O) groups is 1. The van der Waals surface area contributed by atoms with Gasteiger partial charge in [0, 0.05) is 12.6 Å². The van der Waals surface area contributed by atoms with Crippen LogP contribution in [0.2, 0.25) is 0 Å². The van der Waals surface area contributed by atoms with Crippen molar-refractivity contribution in [3.05, 3.63) is 78.7 Å². The Kier molecular flexibility index (Phi) is 5.61. The minimum atomic E-state index is -0.152. The standard InChI is InChI=1S/C21H20N6O2/c28-19(9-8-16-5-2-1-3-6-16)22-10-11-27-21-18(14-26-27)20(24-15-25-21)23-13-17-7-4-12-29-17/h1-9,12,14-15H,10-11,13H2,(H,22,28)(H,23,24,25)/b9-8+. The number of nitrogens with one attached hydrogen (secondary N) is 2. The summed E-state index contributed by atoms with van der Waals surface area (Å²) in [5.74, 6) is 1.35. The molecule has 0 atom stereocenters. The minimum Gasteiger partial charge on any atom is -0.467 e. The third kappa shape index (κ3) is 4.67. The average Bonchev–Trinajstić information content (AvgIpc) is 3.42. The highest BCUT2D eigenvalue weighted by Crippen LogP contribution is 2.19. The fraction of sp³-hybridized carbons (Fsp3) is 0.143. The lowest BCUT2D eigenvalue weighted by Crippen LogP contribution is -2.25. The van der Waals surface area contributed by atoms with Crippen LogP contribution in [0.5, 0.6) is 0 Å². The molecule has 0 fully saturated rings. The Morgan fingerprint density at radius 1 is 1.14 bits per heavy atom. The first-order valence-electron chi connectivity index (χ1n) is 9.23. The van der Waals surface area contributed by atoms with Gasteiger partial charge in [0.25, 0.3) is 0 Å². The van der Waals surface area contributed by atoms with Crippen LogP contribution in [-0.2, 0) is 17.9 Å². The van der Waals surface area contributed by atoms with Crippen molar-refractivity contribution in [2.45, 2.75) is 13.1 Å². The number of carbonyl (C=O) groups excluding carboxylic acids is 1. The van der Waals surface area contributed by atoms with Crippen molar-refractivity contribution in [3.63, 3.8) is 0 Å². The maximum atomic E-state index is 12.0. The highest BCUT2D eigenvalue weighted by molar-refractivity contribution is 5.91. The fourth-order valence-electron chi connectivity index (χ4n) is 2.86. The predicted molar refractivity (Wildman–Crippen MR) is 110 cm³/mol. The summed E-state index contributed by atoms with van der Waals surface area (Å²) in [5, 5.41) is 11.3. The van der Waals surface area contributed by atoms with Crippen LogP contribution in [0.1, 0.15) is 11.3 Å². The molecule has 0 bridgehead atoms. The monoisotopic (exact) mass is 388 g/mol. The molecule has 0 saturated heterocycles. The minimum absolute atomic E-state index is 0.152. The number of rotatable bonds is 8. The van der Waals surface area contributed by atoms with Crippen LogP contribution in [0.15, 0.2) is 71.7 Å². The van der Waals surface area contributed by atoms with E-state index in [-0.39, 0.29) is 5.91 Å². The van der Waals surface area contributed by atoms with Crippen molar-refractivity contribution in [1.82, 2.24) is 25.1 Å². The summed E-state index contributed by atoms with van der Waals surface area (Å²) in [7, 11) is 0. The van der Waals surface area contributed by atoms with Gasteiger partial charge in [0.15, 0.2) is 5.65 Å². The first-order valence-corrected chi connectivity index (χ1v) is 9.23. The van der Waals surface area contributed by atoms with E-state index in [1.165, 1.54) is 12.4 Å². The van der Waals surface area contributed by atoms with Gasteiger partial charge in [-0.3, -0.25) is 4.79 Å². The Morgan fingerprint density at radius 3 is 2.86 bits per heavy atom. The summed E-state index contributed by atoms with van der Waals surface area (Å²) < 4.78 is 7.07. The van der Waals surface area contributed by atoms with Gasteiger partial charge in [0.05, 0.1) is 30.9 Å². The third-order valence-electron chi connectivity index (χ3n) is 4.29. The second-order valence-electron chi connectivity index (χ2n) is 6.30. The molecule has 3 heterocycles. The SMILES string of the molecule is O=C(/C=C/c1ccccc1)NCCn1ncc2c(NCc3ccco3)ncnc21. The van der Waals surface area contributed by atoms with E-state index in [1.54, 1.807) is 23.2 Å². The molecule has 0 aliphatic rings. The molecule has 0 spiro atoms. The van der Waals surface area contributed by atoms with E-state index in [0.717, 1.165) is 16.7 Å². The van der Waals surface area contributed by atoms with E-state index < -0.39 is 0 Å². The molecule has 4 aromatic rings. The summed E-state index contributed by atoms with van der Waals surface area (Å²) in [5.41, 5.74) is 1.68. The molecule has 8 nitrogen and oxygen atoms in total. The van der Waals surface area contributed by atoms with Crippen molar-refractivity contribution >= 4 is 28.8 Å². The van der Waals surface area contributed by atoms with Crippen molar-refractivity contribution in [1.29, 1.82) is 0 Å². The van der Waals surface area contributed by atoms with Gasteiger partial charge in [0.1, 0.15) is 17.9 Å². The molecule has 0 aliphatic carbocycles. The number of hydrogen-bond donors (Lipinski definition) is 2. The second-order valence-corrected chi connectivity index (χ2v) is 6.30. The van der Waals surface area contributed by atoms with Crippen LogP contribution < -0.4 is 10.6 Å². The molecule has 146 valence electrons. The molecule has 29 heavy (non-hydrogen) atoms. The third-order valence-corrected chi connectivity index (χ3v) is 4.29. The van der Waals surface area contributed by atoms with Crippen LogP contribution in [0.3, 0.4) is 0 Å². The van der Waals surface area contributed by atoms with Gasteiger partial charge in [-0.15, -0.1) is 0 Å². The van der Waals surface area contributed by atoms with E-state index >= 15 is 0 Å². The summed E-state index contributed by atoms with van der Waals surface area (Å²) in [4.78, 5) is 20.6. The van der Waals surface area contributed by atoms with Crippen molar-refractivity contribution in [2.24, 2.45) is 0 Å². The van der Waals surface area contributed by atoms with Crippen LogP contribution in [-0.4, -0.2) is 32.2 Å². The second kappa shape index (κ2) is 8.83. The van der Waals surface area contributed by atoms with Gasteiger partial charge >= 0.3 is 0 Å². The lowest BCUT2D eigenvalue weighted by atomic mass is 10.2. The van der Waals surface area contributed by atoms with Crippen LogP contribution >= 0.6 is 0 Å². The van der Waals surface area contributed by atoms with E-state index in [0.29, 0.717) is 31.1 Å². The molecule has 2 N–H and O–H groups in total. The number of amides is 1. The molecule has 0 radical (unpaired) electrons. The Hall–Kier alpha value is -3.94. The Morgan fingerprint density at radius 2 is 2.03 bits per heavy atom. The van der Waals surface area contributed by atoms with Gasteiger partial charge in [-0.2, -0.15) is 5.10 Å². The molecule has 1 amide bonds. The summed E-state index contributed by atoms with van der Waals surface area (Å²) in [6, 6.07) is 13.4. The number of fused-ring (bicyclic) bond motifs is 1. The first-order chi connectivity index (χ1) is 14.3. The highest BCUT2D eigenvalue weighted by Gasteiger charge is 2.10. The summed E-state index contributed by atoms with van der Waals surface area (Å²) in [6.07, 6.45) is 8.15. The molecular formula is C21H20N6O2. The van der Waals surface area contributed by atoms with Gasteiger partial charge in [-0.25, -0.2) is 14.6 Å². The number of benzene rings is 1. The zero-order chi connectivity index (χ0) is 19.9. The van der Waals surface area contributed by atoms with Crippen molar-refractivity contribution in [2.75, 3.05) is 11.9 Å². The molecule has 0 saturated carbocycles. The predicted octanol–water partition coefficient (Wildman–Crippen LogP) is 2.86. The van der Waals surface area contributed by atoms with Crippen LogP contribution in [0.25, 0.3) is 17.1 Å². The largest absolute Gasteiger partial charge is 0.467 e. The zero-order valence-electron chi connectivity index (χ0n) is 15.7. The molecule has 8 heteroatoms. The van der Waals surface area contributed by atoms with Crippen molar-refractivity contribution in [3.8, 4) is 0 Å². The molecule has 1 aromatic carbocycles. The summed E-state index contributed by atoms with van der Waals surface area (Å²) >= 11 is 0. The Labute approximate surface area is 167 Å². The number of aromatic nitrogens is 4. The van der Waals surface area contributed by atoms with Crippen LogP contribution in [0, 0.1) is 0 Å². The molecule has 0 aliphatic heterocycles. The molecule has 4 rings (SSSR count).